The first-order valence-corrected chi connectivity index (χ1v) is 11.0. The van der Waals surface area contributed by atoms with Crippen LogP contribution in [0.5, 0.6) is 11.5 Å². The maximum atomic E-state index is 11.4. The average molecular weight is 426 g/mol. The Hall–Kier alpha value is -3.46. The number of rotatable bonds is 5. The van der Waals surface area contributed by atoms with Crippen LogP contribution in [0.1, 0.15) is 44.9 Å². The molecular weight excluding hydrogens is 394 g/mol. The number of hydrogen-bond donors (Lipinski definition) is 2. The minimum absolute atomic E-state index is 0.103. The van der Waals surface area contributed by atoms with E-state index in [1.807, 2.05) is 30.3 Å². The summed E-state index contributed by atoms with van der Waals surface area (Å²) in [4.78, 5) is 0. The summed E-state index contributed by atoms with van der Waals surface area (Å²) in [5, 5.41) is 17.3. The first-order chi connectivity index (χ1) is 15.3. The van der Waals surface area contributed by atoms with Crippen molar-refractivity contribution in [2.24, 2.45) is 0 Å². The van der Waals surface area contributed by atoms with Crippen LogP contribution in [0.15, 0.2) is 78.9 Å². The summed E-state index contributed by atoms with van der Waals surface area (Å²) in [6, 6.07) is 26.9. The minimum Gasteiger partial charge on any atom is -0.507 e. The van der Waals surface area contributed by atoms with E-state index in [-0.39, 0.29) is 11.5 Å². The molecule has 1 unspecified atom stereocenters. The van der Waals surface area contributed by atoms with E-state index in [0.29, 0.717) is 5.75 Å². The van der Waals surface area contributed by atoms with Crippen LogP contribution in [0.4, 0.5) is 5.69 Å². The van der Waals surface area contributed by atoms with Crippen molar-refractivity contribution < 1.29 is 9.84 Å². The van der Waals surface area contributed by atoms with E-state index in [0.717, 1.165) is 38.9 Å². The SMILES string of the molecule is COc1cc(-c2c(NC(C)c3ccccc3)ccc3ccccc23)c(O)c(C(C)(C)C)c1. The lowest BCUT2D eigenvalue weighted by Crippen LogP contribution is -2.12. The zero-order valence-electron chi connectivity index (χ0n) is 19.4. The fourth-order valence-corrected chi connectivity index (χ4v) is 4.23. The summed E-state index contributed by atoms with van der Waals surface area (Å²) >= 11 is 0. The molecule has 0 fully saturated rings. The molecule has 0 aliphatic rings. The predicted molar refractivity (Wildman–Crippen MR) is 135 cm³/mol. The van der Waals surface area contributed by atoms with Crippen LogP contribution in [-0.4, -0.2) is 12.2 Å². The summed E-state index contributed by atoms with van der Waals surface area (Å²) < 4.78 is 5.64. The number of fused-ring (bicyclic) bond motifs is 1. The van der Waals surface area contributed by atoms with Crippen molar-refractivity contribution in [3.8, 4) is 22.6 Å². The summed E-state index contributed by atoms with van der Waals surface area (Å²) in [7, 11) is 1.67. The van der Waals surface area contributed by atoms with E-state index in [9.17, 15) is 5.11 Å². The average Bonchev–Trinajstić information content (AvgIpc) is 2.79. The number of benzene rings is 4. The highest BCUT2D eigenvalue weighted by atomic mass is 16.5. The fraction of sp³-hybridized carbons (Fsp3) is 0.241. The van der Waals surface area contributed by atoms with E-state index in [2.05, 4.69) is 81.5 Å². The van der Waals surface area contributed by atoms with Crippen molar-refractivity contribution in [2.75, 3.05) is 12.4 Å². The van der Waals surface area contributed by atoms with Crippen molar-refractivity contribution in [3.05, 3.63) is 90.0 Å². The smallest absolute Gasteiger partial charge is 0.127 e. The number of methoxy groups -OCH3 is 1. The molecule has 0 radical (unpaired) electrons. The van der Waals surface area contributed by atoms with E-state index in [4.69, 9.17) is 4.74 Å². The van der Waals surface area contributed by atoms with Crippen LogP contribution >= 0.6 is 0 Å². The number of ether oxygens (including phenoxy) is 1. The zero-order chi connectivity index (χ0) is 22.9. The highest BCUT2D eigenvalue weighted by Gasteiger charge is 2.24. The van der Waals surface area contributed by atoms with Gasteiger partial charge in [0.2, 0.25) is 0 Å². The maximum Gasteiger partial charge on any atom is 0.127 e. The van der Waals surface area contributed by atoms with Gasteiger partial charge in [0.1, 0.15) is 11.5 Å². The number of aromatic hydroxyl groups is 1. The van der Waals surface area contributed by atoms with Gasteiger partial charge in [-0.3, -0.25) is 0 Å². The Morgan fingerprint density at radius 3 is 2.25 bits per heavy atom. The fourth-order valence-electron chi connectivity index (χ4n) is 4.23. The van der Waals surface area contributed by atoms with Gasteiger partial charge in [0.15, 0.2) is 0 Å². The molecule has 0 bridgehead atoms. The first-order valence-electron chi connectivity index (χ1n) is 11.0. The third kappa shape index (κ3) is 4.16. The quantitative estimate of drug-likeness (QED) is 0.344. The number of nitrogens with one attached hydrogen (secondary N) is 1. The molecule has 4 aromatic carbocycles. The monoisotopic (exact) mass is 425 g/mol. The summed E-state index contributed by atoms with van der Waals surface area (Å²) in [5.74, 6) is 1.03. The molecule has 32 heavy (non-hydrogen) atoms. The second-order valence-electron chi connectivity index (χ2n) is 9.31. The maximum absolute atomic E-state index is 11.4. The van der Waals surface area contributed by atoms with Crippen molar-refractivity contribution in [1.82, 2.24) is 0 Å². The Balaban J connectivity index is 1.96. The number of phenolic OH excluding ortho intramolecular Hbond substituents is 1. The number of hydrogen-bond acceptors (Lipinski definition) is 3. The molecule has 0 heterocycles. The molecule has 3 heteroatoms. The Labute approximate surface area is 190 Å². The van der Waals surface area contributed by atoms with Gasteiger partial charge >= 0.3 is 0 Å². The Morgan fingerprint density at radius 2 is 1.56 bits per heavy atom. The van der Waals surface area contributed by atoms with Gasteiger partial charge in [0.05, 0.1) is 7.11 Å². The van der Waals surface area contributed by atoms with Crippen molar-refractivity contribution in [2.45, 2.75) is 39.2 Å². The third-order valence-corrected chi connectivity index (χ3v) is 6.00. The lowest BCUT2D eigenvalue weighted by atomic mass is 9.83. The van der Waals surface area contributed by atoms with Crippen molar-refractivity contribution >= 4 is 16.5 Å². The molecule has 2 N–H and O–H groups in total. The minimum atomic E-state index is -0.233. The van der Waals surface area contributed by atoms with Crippen LogP contribution in [0.2, 0.25) is 0 Å². The highest BCUT2D eigenvalue weighted by Crippen LogP contribution is 2.46. The number of anilines is 1. The molecule has 0 aromatic heterocycles. The van der Waals surface area contributed by atoms with Gasteiger partial charge in [-0.05, 0) is 46.9 Å². The molecule has 0 aliphatic carbocycles. The molecule has 4 rings (SSSR count). The van der Waals surface area contributed by atoms with Gasteiger partial charge in [-0.15, -0.1) is 0 Å². The lowest BCUT2D eigenvalue weighted by Gasteiger charge is -2.25. The molecule has 0 saturated carbocycles. The van der Waals surface area contributed by atoms with Gasteiger partial charge < -0.3 is 15.2 Å². The molecule has 4 aromatic rings. The summed E-state index contributed by atoms with van der Waals surface area (Å²) in [5.41, 5.74) is 4.56. The van der Waals surface area contributed by atoms with Crippen molar-refractivity contribution in [1.29, 1.82) is 0 Å². The normalized spacial score (nSPS) is 12.5. The standard InChI is InChI=1S/C29H31NO2/c1-19(20-11-7-6-8-12-20)30-26-16-15-21-13-9-10-14-23(21)27(26)24-17-22(32-5)18-25(28(24)31)29(2,3)4/h6-19,30-31H,1-5H3. The molecular formula is C29H31NO2. The van der Waals surface area contributed by atoms with E-state index < -0.39 is 0 Å². The Morgan fingerprint density at radius 1 is 0.875 bits per heavy atom. The summed E-state index contributed by atoms with van der Waals surface area (Å²) in [6.45, 7) is 8.46. The van der Waals surface area contributed by atoms with Crippen LogP contribution < -0.4 is 10.1 Å². The van der Waals surface area contributed by atoms with Crippen LogP contribution in [0, 0.1) is 0 Å². The third-order valence-electron chi connectivity index (χ3n) is 6.00. The topological polar surface area (TPSA) is 41.5 Å². The second-order valence-corrected chi connectivity index (χ2v) is 9.31. The van der Waals surface area contributed by atoms with E-state index in [1.165, 1.54) is 5.56 Å². The van der Waals surface area contributed by atoms with Crippen LogP contribution in [0.25, 0.3) is 21.9 Å². The van der Waals surface area contributed by atoms with Gasteiger partial charge in [-0.2, -0.15) is 0 Å². The molecule has 0 aliphatic heterocycles. The highest BCUT2D eigenvalue weighted by molar-refractivity contribution is 6.04. The largest absolute Gasteiger partial charge is 0.507 e. The molecule has 164 valence electrons. The Bertz CT molecular complexity index is 1240. The van der Waals surface area contributed by atoms with Crippen LogP contribution in [0.3, 0.4) is 0 Å². The molecule has 0 spiro atoms. The molecule has 1 atom stereocenters. The van der Waals surface area contributed by atoms with Crippen molar-refractivity contribution in [3.63, 3.8) is 0 Å². The molecule has 0 amide bonds. The summed E-state index contributed by atoms with van der Waals surface area (Å²) in [6.07, 6.45) is 0. The van der Waals surface area contributed by atoms with Gasteiger partial charge in [0, 0.05) is 28.4 Å². The van der Waals surface area contributed by atoms with E-state index >= 15 is 0 Å². The second kappa shape index (κ2) is 8.58. The number of phenols is 1. The Kier molecular flexibility index (Phi) is 5.84. The molecule has 0 saturated heterocycles. The first kappa shape index (κ1) is 21.8. The van der Waals surface area contributed by atoms with Crippen LogP contribution in [-0.2, 0) is 5.41 Å². The van der Waals surface area contributed by atoms with Gasteiger partial charge in [0.25, 0.3) is 0 Å². The van der Waals surface area contributed by atoms with E-state index in [1.54, 1.807) is 7.11 Å². The molecule has 3 nitrogen and oxygen atoms in total. The van der Waals surface area contributed by atoms with Gasteiger partial charge in [-0.25, -0.2) is 0 Å². The zero-order valence-corrected chi connectivity index (χ0v) is 19.4. The van der Waals surface area contributed by atoms with Gasteiger partial charge in [-0.1, -0.05) is 81.4 Å². The lowest BCUT2D eigenvalue weighted by molar-refractivity contribution is 0.406. The predicted octanol–water partition coefficient (Wildman–Crippen LogP) is 7.69.